The molecule has 0 saturated carbocycles. The molecule has 110 valence electrons. The van der Waals surface area contributed by atoms with Crippen molar-refractivity contribution in [3.05, 3.63) is 65.0 Å². The van der Waals surface area contributed by atoms with Crippen LogP contribution in [0.2, 0.25) is 0 Å². The summed E-state index contributed by atoms with van der Waals surface area (Å²) in [5.41, 5.74) is 9.46. The average Bonchev–Trinajstić information content (AvgIpc) is 2.49. The van der Waals surface area contributed by atoms with Gasteiger partial charge >= 0.3 is 0 Å². The third-order valence-corrected chi connectivity index (χ3v) is 4.36. The lowest BCUT2D eigenvalue weighted by atomic mass is 9.75. The van der Waals surface area contributed by atoms with Crippen LogP contribution in [0.4, 0.5) is 4.39 Å². The summed E-state index contributed by atoms with van der Waals surface area (Å²) in [6.45, 7) is 0. The smallest absolute Gasteiger partial charge is 0.168 e. The first-order chi connectivity index (χ1) is 10.1. The molecule has 1 aliphatic rings. The van der Waals surface area contributed by atoms with Crippen molar-refractivity contribution in [3.8, 4) is 5.75 Å². The van der Waals surface area contributed by atoms with Gasteiger partial charge in [-0.25, -0.2) is 4.39 Å². The molecule has 0 heterocycles. The quantitative estimate of drug-likeness (QED) is 0.939. The Bertz CT molecular complexity index is 655. The summed E-state index contributed by atoms with van der Waals surface area (Å²) < 4.78 is 19.4. The molecule has 1 atom stereocenters. The minimum Gasteiger partial charge on any atom is -0.494 e. The molecule has 0 aliphatic heterocycles. The number of ether oxygens (including phenoxy) is 1. The number of nitrogens with two attached hydrogens (primary N) is 1. The molecule has 21 heavy (non-hydrogen) atoms. The van der Waals surface area contributed by atoms with Gasteiger partial charge in [0.25, 0.3) is 0 Å². The zero-order chi connectivity index (χ0) is 14.9. The molecule has 3 rings (SSSR count). The minimum atomic E-state index is -0.387. The van der Waals surface area contributed by atoms with Crippen molar-refractivity contribution in [1.82, 2.24) is 0 Å². The van der Waals surface area contributed by atoms with Crippen molar-refractivity contribution >= 4 is 0 Å². The van der Waals surface area contributed by atoms with Crippen molar-refractivity contribution in [2.75, 3.05) is 7.11 Å². The molecule has 0 amide bonds. The first-order valence-corrected chi connectivity index (χ1v) is 7.28. The van der Waals surface area contributed by atoms with Gasteiger partial charge in [0.2, 0.25) is 0 Å². The number of hydrogen-bond donors (Lipinski definition) is 1. The van der Waals surface area contributed by atoms with E-state index in [4.69, 9.17) is 10.5 Å². The van der Waals surface area contributed by atoms with Crippen LogP contribution in [-0.2, 0) is 19.3 Å². The summed E-state index contributed by atoms with van der Waals surface area (Å²) in [6.07, 6.45) is 3.16. The fourth-order valence-corrected chi connectivity index (χ4v) is 3.21. The Morgan fingerprint density at radius 3 is 2.67 bits per heavy atom. The van der Waals surface area contributed by atoms with Crippen LogP contribution in [0, 0.1) is 5.82 Å². The van der Waals surface area contributed by atoms with Gasteiger partial charge in [-0.05, 0) is 48.4 Å². The van der Waals surface area contributed by atoms with E-state index in [0.29, 0.717) is 12.0 Å². The van der Waals surface area contributed by atoms with Gasteiger partial charge < -0.3 is 10.5 Å². The molecular weight excluding hydrogens is 265 g/mol. The Kier molecular flexibility index (Phi) is 3.68. The van der Waals surface area contributed by atoms with Crippen LogP contribution >= 0.6 is 0 Å². The van der Waals surface area contributed by atoms with Crippen molar-refractivity contribution in [1.29, 1.82) is 0 Å². The van der Waals surface area contributed by atoms with Crippen LogP contribution in [0.5, 0.6) is 5.75 Å². The molecule has 2 nitrogen and oxygen atoms in total. The first kappa shape index (κ1) is 14.1. The van der Waals surface area contributed by atoms with Gasteiger partial charge in [-0.2, -0.15) is 0 Å². The Morgan fingerprint density at radius 2 is 1.90 bits per heavy atom. The first-order valence-electron chi connectivity index (χ1n) is 7.28. The van der Waals surface area contributed by atoms with Crippen LogP contribution in [0.25, 0.3) is 0 Å². The van der Waals surface area contributed by atoms with E-state index in [-0.39, 0.29) is 17.1 Å². The molecule has 3 heteroatoms. The van der Waals surface area contributed by atoms with E-state index in [1.54, 1.807) is 12.1 Å². The summed E-state index contributed by atoms with van der Waals surface area (Å²) in [5, 5.41) is 0. The molecule has 1 unspecified atom stereocenters. The van der Waals surface area contributed by atoms with Gasteiger partial charge in [-0.1, -0.05) is 36.4 Å². The van der Waals surface area contributed by atoms with Crippen molar-refractivity contribution in [2.45, 2.75) is 31.2 Å². The highest BCUT2D eigenvalue weighted by molar-refractivity contribution is 5.36. The molecule has 2 aromatic rings. The summed E-state index contributed by atoms with van der Waals surface area (Å²) in [5.74, 6) is -0.00371. The lowest BCUT2D eigenvalue weighted by molar-refractivity contribution is 0.354. The molecule has 1 aliphatic carbocycles. The number of aryl methyl sites for hydroxylation is 1. The van der Waals surface area contributed by atoms with Gasteiger partial charge in [0.05, 0.1) is 7.11 Å². The Labute approximate surface area is 124 Å². The topological polar surface area (TPSA) is 35.2 Å². The molecule has 0 spiro atoms. The number of benzene rings is 2. The van der Waals surface area contributed by atoms with Crippen molar-refractivity contribution < 1.29 is 9.13 Å². The van der Waals surface area contributed by atoms with Gasteiger partial charge in [0.15, 0.2) is 11.6 Å². The van der Waals surface area contributed by atoms with Crippen LogP contribution in [-0.4, -0.2) is 12.6 Å². The molecule has 0 bridgehead atoms. The minimum absolute atomic E-state index is 0.285. The standard InChI is InChI=1S/C18H20FNO/c1-21-16-8-4-7-15(17(16)19)12-18(20)10-9-13-5-2-3-6-14(13)11-18/h2-8H,9-12,20H2,1H3. The fraction of sp³-hybridized carbons (Fsp3) is 0.333. The molecule has 2 aromatic carbocycles. The van der Waals surface area contributed by atoms with E-state index < -0.39 is 0 Å². The monoisotopic (exact) mass is 285 g/mol. The lowest BCUT2D eigenvalue weighted by Crippen LogP contribution is -2.47. The predicted octanol–water partition coefficient (Wildman–Crippen LogP) is 3.26. The maximum absolute atomic E-state index is 14.3. The van der Waals surface area contributed by atoms with Gasteiger partial charge in [0, 0.05) is 5.54 Å². The van der Waals surface area contributed by atoms with Gasteiger partial charge in [-0.15, -0.1) is 0 Å². The Morgan fingerprint density at radius 1 is 1.14 bits per heavy atom. The summed E-state index contributed by atoms with van der Waals surface area (Å²) in [7, 11) is 1.48. The van der Waals surface area contributed by atoms with Crippen LogP contribution in [0.1, 0.15) is 23.1 Å². The van der Waals surface area contributed by atoms with E-state index >= 15 is 0 Å². The van der Waals surface area contributed by atoms with Crippen LogP contribution in [0.15, 0.2) is 42.5 Å². The van der Waals surface area contributed by atoms with E-state index in [9.17, 15) is 4.39 Å². The number of hydrogen-bond acceptors (Lipinski definition) is 2. The van der Waals surface area contributed by atoms with Crippen molar-refractivity contribution in [3.63, 3.8) is 0 Å². The molecule has 0 aromatic heterocycles. The molecule has 0 radical (unpaired) electrons. The maximum Gasteiger partial charge on any atom is 0.168 e. The Balaban J connectivity index is 1.85. The van der Waals surface area contributed by atoms with Crippen molar-refractivity contribution in [2.24, 2.45) is 5.73 Å². The van der Waals surface area contributed by atoms with E-state index in [0.717, 1.165) is 19.3 Å². The SMILES string of the molecule is COc1cccc(CC2(N)CCc3ccccc3C2)c1F. The second-order valence-electron chi connectivity index (χ2n) is 5.92. The molecular formula is C18H20FNO. The normalized spacial score (nSPS) is 20.9. The van der Waals surface area contributed by atoms with E-state index in [1.165, 1.54) is 18.2 Å². The molecule has 0 saturated heterocycles. The third kappa shape index (κ3) is 2.79. The highest BCUT2D eigenvalue weighted by Gasteiger charge is 2.31. The predicted molar refractivity (Wildman–Crippen MR) is 82.0 cm³/mol. The number of fused-ring (bicyclic) bond motifs is 1. The van der Waals surface area contributed by atoms with Gasteiger partial charge in [-0.3, -0.25) is 0 Å². The highest BCUT2D eigenvalue weighted by Crippen LogP contribution is 2.31. The number of halogens is 1. The largest absolute Gasteiger partial charge is 0.494 e. The van der Waals surface area contributed by atoms with Crippen LogP contribution < -0.4 is 10.5 Å². The highest BCUT2D eigenvalue weighted by atomic mass is 19.1. The fourth-order valence-electron chi connectivity index (χ4n) is 3.21. The molecule has 2 N–H and O–H groups in total. The summed E-state index contributed by atoms with van der Waals surface area (Å²) in [4.78, 5) is 0. The van der Waals surface area contributed by atoms with Gasteiger partial charge in [0.1, 0.15) is 0 Å². The second kappa shape index (κ2) is 5.49. The lowest BCUT2D eigenvalue weighted by Gasteiger charge is -2.35. The average molecular weight is 285 g/mol. The third-order valence-electron chi connectivity index (χ3n) is 4.36. The zero-order valence-corrected chi connectivity index (χ0v) is 12.2. The molecule has 0 fully saturated rings. The number of rotatable bonds is 3. The van der Waals surface area contributed by atoms with E-state index in [1.807, 2.05) is 12.1 Å². The summed E-state index contributed by atoms with van der Waals surface area (Å²) >= 11 is 0. The second-order valence-corrected chi connectivity index (χ2v) is 5.92. The maximum atomic E-state index is 14.3. The van der Waals surface area contributed by atoms with E-state index in [2.05, 4.69) is 18.2 Å². The Hall–Kier alpha value is -1.87. The summed E-state index contributed by atoms with van der Waals surface area (Å²) in [6, 6.07) is 13.6. The van der Waals surface area contributed by atoms with Crippen LogP contribution in [0.3, 0.4) is 0 Å². The zero-order valence-electron chi connectivity index (χ0n) is 12.2. The number of methoxy groups -OCH3 is 1.